The number of nitrogens with one attached hydrogen (secondary N) is 1. The Bertz CT molecular complexity index is 1290. The molecule has 4 rings (SSSR count). The number of rotatable bonds is 25. The number of nitrogens with zero attached hydrogens (tertiary/aromatic N) is 3. The van der Waals surface area contributed by atoms with Gasteiger partial charge >= 0.3 is 18.0 Å². The standard InChI is InChI=1S/C40H66N4O12/c1-9-48-34(45)24-42(25-35(46)49-10-2)20-22-44(23-21-43(26-36-50-28(3)51-36)27-37-52-29(4)53-37)33(38-54-30(5)55-38)13-11-12-31-14-16-32(17-15-31)18-19-41-39(47)56-40(6,7)8/h14-17,28-30,33,36-38H,9-13,18-27H2,1-8H3,(H,41,47). The van der Waals surface area contributed by atoms with Crippen LogP contribution in [0.1, 0.15) is 79.4 Å². The Labute approximate surface area is 332 Å². The van der Waals surface area contributed by atoms with Crippen molar-refractivity contribution in [2.45, 2.75) is 130 Å². The molecule has 1 unspecified atom stereocenters. The molecule has 1 aromatic rings. The van der Waals surface area contributed by atoms with E-state index < -0.39 is 29.9 Å². The average Bonchev–Trinajstić information content (AvgIpc) is 3.07. The zero-order valence-electron chi connectivity index (χ0n) is 34.7. The minimum absolute atomic E-state index is 0.0408. The molecule has 16 heteroatoms. The van der Waals surface area contributed by atoms with Gasteiger partial charge in [0.2, 0.25) is 0 Å². The molecule has 0 spiro atoms. The molecule has 3 fully saturated rings. The molecule has 1 aromatic carbocycles. The summed E-state index contributed by atoms with van der Waals surface area (Å²) in [5, 5.41) is 2.82. The van der Waals surface area contributed by atoms with Gasteiger partial charge < -0.3 is 47.9 Å². The van der Waals surface area contributed by atoms with Crippen molar-refractivity contribution in [2.24, 2.45) is 0 Å². The number of carbonyl (C=O) groups excluding carboxylic acids is 3. The topological polar surface area (TPSA) is 156 Å². The largest absolute Gasteiger partial charge is 0.465 e. The Morgan fingerprint density at radius 3 is 1.66 bits per heavy atom. The fourth-order valence-electron chi connectivity index (χ4n) is 6.77. The third-order valence-corrected chi connectivity index (χ3v) is 9.42. The van der Waals surface area contributed by atoms with E-state index in [-0.39, 0.29) is 63.8 Å². The maximum Gasteiger partial charge on any atom is 0.407 e. The summed E-state index contributed by atoms with van der Waals surface area (Å²) in [6.45, 7) is 18.8. The first-order chi connectivity index (χ1) is 26.7. The van der Waals surface area contributed by atoms with Crippen molar-refractivity contribution in [2.75, 3.05) is 72.1 Å². The minimum atomic E-state index is -0.537. The van der Waals surface area contributed by atoms with E-state index >= 15 is 0 Å². The minimum Gasteiger partial charge on any atom is -0.465 e. The second-order valence-corrected chi connectivity index (χ2v) is 15.3. The Hall–Kier alpha value is -2.93. The second-order valence-electron chi connectivity index (χ2n) is 15.3. The molecule has 16 nitrogen and oxygen atoms in total. The van der Waals surface area contributed by atoms with Crippen LogP contribution in [0.15, 0.2) is 24.3 Å². The van der Waals surface area contributed by atoms with Gasteiger partial charge in [-0.15, -0.1) is 0 Å². The van der Waals surface area contributed by atoms with E-state index in [0.29, 0.717) is 52.2 Å². The third-order valence-electron chi connectivity index (χ3n) is 9.42. The third kappa shape index (κ3) is 16.5. The number of hydrogen-bond acceptors (Lipinski definition) is 15. The number of alkyl carbamates (subject to hydrolysis) is 1. The molecule has 0 saturated carbocycles. The molecule has 1 amide bonds. The first-order valence-corrected chi connectivity index (χ1v) is 20.2. The number of aryl methyl sites for hydroxylation is 1. The lowest BCUT2D eigenvalue weighted by molar-refractivity contribution is -0.394. The van der Waals surface area contributed by atoms with Crippen LogP contribution in [0.25, 0.3) is 0 Å². The zero-order valence-corrected chi connectivity index (χ0v) is 34.7. The van der Waals surface area contributed by atoms with Crippen LogP contribution in [-0.2, 0) is 65.1 Å². The molecular weight excluding hydrogens is 728 g/mol. The molecule has 1 atom stereocenters. The molecule has 3 aliphatic rings. The number of amides is 1. The molecule has 3 aliphatic heterocycles. The van der Waals surface area contributed by atoms with Crippen molar-refractivity contribution in [1.29, 1.82) is 0 Å². The number of benzene rings is 1. The van der Waals surface area contributed by atoms with Crippen LogP contribution in [0.4, 0.5) is 4.79 Å². The van der Waals surface area contributed by atoms with Crippen LogP contribution in [-0.4, -0.2) is 154 Å². The lowest BCUT2D eigenvalue weighted by Gasteiger charge is -2.45. The summed E-state index contributed by atoms with van der Waals surface area (Å²) in [6.07, 6.45) is 0.828. The monoisotopic (exact) mass is 794 g/mol. The normalized spacial score (nSPS) is 23.9. The summed E-state index contributed by atoms with van der Waals surface area (Å²) in [6, 6.07) is 8.33. The molecule has 318 valence electrons. The van der Waals surface area contributed by atoms with E-state index in [1.54, 1.807) is 18.7 Å². The van der Waals surface area contributed by atoms with Crippen molar-refractivity contribution in [3.8, 4) is 0 Å². The molecule has 0 aliphatic carbocycles. The summed E-state index contributed by atoms with van der Waals surface area (Å²) in [5.41, 5.74) is 1.79. The van der Waals surface area contributed by atoms with Gasteiger partial charge in [0, 0.05) is 32.7 Å². The van der Waals surface area contributed by atoms with Gasteiger partial charge in [-0.3, -0.25) is 24.3 Å². The van der Waals surface area contributed by atoms with Crippen LogP contribution >= 0.6 is 0 Å². The Kier molecular flexibility index (Phi) is 18.7. The first-order valence-electron chi connectivity index (χ1n) is 20.2. The highest BCUT2D eigenvalue weighted by Gasteiger charge is 2.39. The highest BCUT2D eigenvalue weighted by molar-refractivity contribution is 5.75. The maximum atomic E-state index is 12.6. The Balaban J connectivity index is 1.43. The van der Waals surface area contributed by atoms with Crippen LogP contribution in [0.5, 0.6) is 0 Å². The molecule has 3 heterocycles. The molecular formula is C40H66N4O12. The summed E-state index contributed by atoms with van der Waals surface area (Å²) >= 11 is 0. The Morgan fingerprint density at radius 2 is 1.20 bits per heavy atom. The number of carbonyl (C=O) groups is 3. The molecule has 0 aromatic heterocycles. The van der Waals surface area contributed by atoms with Crippen molar-refractivity contribution < 1.29 is 57.0 Å². The highest BCUT2D eigenvalue weighted by Crippen LogP contribution is 2.27. The van der Waals surface area contributed by atoms with Crippen molar-refractivity contribution in [1.82, 2.24) is 20.0 Å². The van der Waals surface area contributed by atoms with Gasteiger partial charge in [0.25, 0.3) is 0 Å². The van der Waals surface area contributed by atoms with Gasteiger partial charge in [0.1, 0.15) is 5.60 Å². The fraction of sp³-hybridized carbons (Fsp3) is 0.775. The molecule has 1 N–H and O–H groups in total. The molecule has 0 bridgehead atoms. The smallest absolute Gasteiger partial charge is 0.407 e. The predicted molar refractivity (Wildman–Crippen MR) is 205 cm³/mol. The zero-order chi connectivity index (χ0) is 40.7. The van der Waals surface area contributed by atoms with E-state index in [1.807, 2.05) is 41.5 Å². The number of ether oxygens (including phenoxy) is 9. The summed E-state index contributed by atoms with van der Waals surface area (Å²) in [5.74, 6) is -0.805. The van der Waals surface area contributed by atoms with Crippen LogP contribution in [0.3, 0.4) is 0 Å². The maximum absolute atomic E-state index is 12.6. The molecule has 0 radical (unpaired) electrons. The lowest BCUT2D eigenvalue weighted by Crippen LogP contribution is -2.58. The Morgan fingerprint density at radius 1 is 0.714 bits per heavy atom. The van der Waals surface area contributed by atoms with E-state index in [4.69, 9.17) is 42.6 Å². The quantitative estimate of drug-likeness (QED) is 0.113. The summed E-state index contributed by atoms with van der Waals surface area (Å²) < 4.78 is 51.2. The van der Waals surface area contributed by atoms with Crippen LogP contribution in [0, 0.1) is 0 Å². The SMILES string of the molecule is CCOC(=O)CN(CCN(CCN(CC1OC(C)O1)CC1OC(C)O1)C(CCCc1ccc(CCNC(=O)OC(C)(C)C)cc1)C1OC(C)O1)CC(=O)OCC. The van der Waals surface area contributed by atoms with E-state index in [2.05, 4.69) is 39.4 Å². The van der Waals surface area contributed by atoms with Crippen molar-refractivity contribution in [3.63, 3.8) is 0 Å². The van der Waals surface area contributed by atoms with Gasteiger partial charge in [-0.25, -0.2) is 4.79 Å². The average molecular weight is 795 g/mol. The van der Waals surface area contributed by atoms with Gasteiger partial charge in [-0.1, -0.05) is 24.3 Å². The fourth-order valence-corrected chi connectivity index (χ4v) is 6.77. The number of hydrogen-bond donors (Lipinski definition) is 1. The second kappa shape index (κ2) is 22.9. The molecule has 56 heavy (non-hydrogen) atoms. The van der Waals surface area contributed by atoms with Crippen LogP contribution in [0.2, 0.25) is 0 Å². The van der Waals surface area contributed by atoms with Gasteiger partial charge in [-0.05, 0) is 92.2 Å². The summed E-state index contributed by atoms with van der Waals surface area (Å²) in [4.78, 5) is 43.5. The van der Waals surface area contributed by atoms with E-state index in [1.165, 1.54) is 5.56 Å². The number of esters is 2. The van der Waals surface area contributed by atoms with Gasteiger partial charge in [-0.2, -0.15) is 0 Å². The van der Waals surface area contributed by atoms with Gasteiger partial charge in [0.05, 0.1) is 45.4 Å². The van der Waals surface area contributed by atoms with E-state index in [0.717, 1.165) is 24.8 Å². The highest BCUT2D eigenvalue weighted by atomic mass is 16.9. The van der Waals surface area contributed by atoms with Crippen molar-refractivity contribution in [3.05, 3.63) is 35.4 Å². The predicted octanol–water partition coefficient (Wildman–Crippen LogP) is 3.63. The van der Waals surface area contributed by atoms with Gasteiger partial charge in [0.15, 0.2) is 37.7 Å². The molecule has 3 saturated heterocycles. The van der Waals surface area contributed by atoms with E-state index in [9.17, 15) is 14.4 Å². The first kappa shape index (κ1) is 45.8. The van der Waals surface area contributed by atoms with Crippen LogP contribution < -0.4 is 5.32 Å². The lowest BCUT2D eigenvalue weighted by atomic mass is 10.0. The van der Waals surface area contributed by atoms with Crippen molar-refractivity contribution >= 4 is 18.0 Å². The summed E-state index contributed by atoms with van der Waals surface area (Å²) in [7, 11) is 0.